The van der Waals surface area contributed by atoms with Gasteiger partial charge in [-0.2, -0.15) is 0 Å². The number of carboxylic acid groups (broad SMARTS) is 1. The lowest BCUT2D eigenvalue weighted by molar-refractivity contribution is 0.0697. The first kappa shape index (κ1) is 13.8. The van der Waals surface area contributed by atoms with Gasteiger partial charge in [-0.25, -0.2) is 9.78 Å². The van der Waals surface area contributed by atoms with Crippen LogP contribution >= 0.6 is 0 Å². The molecule has 0 radical (unpaired) electrons. The molecule has 1 aliphatic carbocycles. The number of aromatic nitrogens is 1. The Bertz CT molecular complexity index is 471. The molecular formula is C15H22N2O2. The van der Waals surface area contributed by atoms with Crippen LogP contribution in [0.1, 0.15) is 54.7 Å². The lowest BCUT2D eigenvalue weighted by Gasteiger charge is -2.24. The van der Waals surface area contributed by atoms with Gasteiger partial charge in [-0.15, -0.1) is 0 Å². The van der Waals surface area contributed by atoms with Gasteiger partial charge in [0.1, 0.15) is 11.4 Å². The molecule has 4 nitrogen and oxygen atoms in total. The zero-order chi connectivity index (χ0) is 13.8. The molecule has 19 heavy (non-hydrogen) atoms. The first-order valence-electron chi connectivity index (χ1n) is 7.18. The zero-order valence-corrected chi connectivity index (χ0v) is 11.8. The van der Waals surface area contributed by atoms with Crippen LogP contribution in [0.4, 0.5) is 5.82 Å². The molecule has 0 unspecified atom stereocenters. The van der Waals surface area contributed by atoms with E-state index in [9.17, 15) is 9.90 Å². The smallest absolute Gasteiger partial charge is 0.339 e. The Morgan fingerprint density at radius 1 is 1.42 bits per heavy atom. The van der Waals surface area contributed by atoms with E-state index >= 15 is 0 Å². The maximum absolute atomic E-state index is 11.4. The van der Waals surface area contributed by atoms with Gasteiger partial charge in [0, 0.05) is 18.8 Å². The molecule has 1 heterocycles. The first-order valence-corrected chi connectivity index (χ1v) is 7.18. The Hall–Kier alpha value is -1.58. The molecular weight excluding hydrogens is 240 g/mol. The van der Waals surface area contributed by atoms with E-state index in [2.05, 4.69) is 23.7 Å². The van der Waals surface area contributed by atoms with Crippen molar-refractivity contribution < 1.29 is 9.90 Å². The van der Waals surface area contributed by atoms with E-state index in [4.69, 9.17) is 0 Å². The van der Waals surface area contributed by atoms with Crippen LogP contribution in [0.3, 0.4) is 0 Å². The van der Waals surface area contributed by atoms with Crippen LogP contribution in [-0.4, -0.2) is 29.1 Å². The summed E-state index contributed by atoms with van der Waals surface area (Å²) in [4.78, 5) is 18.2. The second kappa shape index (κ2) is 6.04. The minimum atomic E-state index is -0.868. The molecule has 4 heteroatoms. The summed E-state index contributed by atoms with van der Waals surface area (Å²) in [6, 6.07) is 1.83. The Balaban J connectivity index is 2.38. The first-order chi connectivity index (χ1) is 9.17. The van der Waals surface area contributed by atoms with Gasteiger partial charge in [-0.3, -0.25) is 0 Å². The minimum Gasteiger partial charge on any atom is -0.478 e. The van der Waals surface area contributed by atoms with Gasteiger partial charge in [0.2, 0.25) is 0 Å². The summed E-state index contributed by atoms with van der Waals surface area (Å²) in [6.07, 6.45) is 5.19. The van der Waals surface area contributed by atoms with Gasteiger partial charge in [0.15, 0.2) is 0 Å². The summed E-state index contributed by atoms with van der Waals surface area (Å²) in [5, 5.41) is 9.40. The molecule has 0 spiro atoms. The molecule has 0 aromatic carbocycles. The SMILES string of the molecule is CCCCN(CC)c1nc2c(cc1C(=O)O)CCC2. The third-order valence-corrected chi connectivity index (χ3v) is 3.72. The molecule has 1 aliphatic rings. The van der Waals surface area contributed by atoms with Crippen LogP contribution in [-0.2, 0) is 12.8 Å². The summed E-state index contributed by atoms with van der Waals surface area (Å²) < 4.78 is 0. The number of anilines is 1. The quantitative estimate of drug-likeness (QED) is 0.856. The second-order valence-corrected chi connectivity index (χ2v) is 5.06. The largest absolute Gasteiger partial charge is 0.478 e. The number of aryl methyl sites for hydroxylation is 2. The normalized spacial score (nSPS) is 13.4. The molecule has 104 valence electrons. The molecule has 0 amide bonds. The van der Waals surface area contributed by atoms with Gasteiger partial charge in [0.05, 0.1) is 0 Å². The lowest BCUT2D eigenvalue weighted by atomic mass is 10.1. The van der Waals surface area contributed by atoms with Crippen LogP contribution in [0.25, 0.3) is 0 Å². The Morgan fingerprint density at radius 2 is 2.21 bits per heavy atom. The van der Waals surface area contributed by atoms with E-state index in [1.165, 1.54) is 0 Å². The predicted octanol–water partition coefficient (Wildman–Crippen LogP) is 2.89. The summed E-state index contributed by atoms with van der Waals surface area (Å²) in [5.41, 5.74) is 2.57. The monoisotopic (exact) mass is 262 g/mol. The van der Waals surface area contributed by atoms with E-state index in [1.807, 2.05) is 6.07 Å². The number of carbonyl (C=O) groups is 1. The van der Waals surface area contributed by atoms with Crippen molar-refractivity contribution in [3.8, 4) is 0 Å². The predicted molar refractivity (Wildman–Crippen MR) is 76.0 cm³/mol. The number of pyridine rings is 1. The maximum Gasteiger partial charge on any atom is 0.339 e. The fourth-order valence-electron chi connectivity index (χ4n) is 2.62. The fourth-order valence-corrected chi connectivity index (χ4v) is 2.62. The average molecular weight is 262 g/mol. The number of rotatable bonds is 6. The van der Waals surface area contributed by atoms with E-state index in [0.717, 1.165) is 56.5 Å². The number of hydrogen-bond acceptors (Lipinski definition) is 3. The van der Waals surface area contributed by atoms with Gasteiger partial charge >= 0.3 is 5.97 Å². The van der Waals surface area contributed by atoms with Crippen molar-refractivity contribution in [1.82, 2.24) is 4.98 Å². The van der Waals surface area contributed by atoms with Gasteiger partial charge in [-0.05, 0) is 44.2 Å². The highest BCUT2D eigenvalue weighted by Crippen LogP contribution is 2.27. The Morgan fingerprint density at radius 3 is 2.84 bits per heavy atom. The highest BCUT2D eigenvalue weighted by molar-refractivity contribution is 5.93. The molecule has 2 rings (SSSR count). The lowest BCUT2D eigenvalue weighted by Crippen LogP contribution is -2.27. The summed E-state index contributed by atoms with van der Waals surface area (Å²) in [6.45, 7) is 5.86. The Labute approximate surface area is 114 Å². The highest BCUT2D eigenvalue weighted by Gasteiger charge is 2.22. The van der Waals surface area contributed by atoms with E-state index in [0.29, 0.717) is 11.4 Å². The summed E-state index contributed by atoms with van der Waals surface area (Å²) >= 11 is 0. The second-order valence-electron chi connectivity index (χ2n) is 5.06. The molecule has 0 aliphatic heterocycles. The number of fused-ring (bicyclic) bond motifs is 1. The van der Waals surface area contributed by atoms with Crippen LogP contribution < -0.4 is 4.90 Å². The van der Waals surface area contributed by atoms with Gasteiger partial charge < -0.3 is 10.0 Å². The van der Waals surface area contributed by atoms with Crippen molar-refractivity contribution in [2.24, 2.45) is 0 Å². The third-order valence-electron chi connectivity index (χ3n) is 3.72. The highest BCUT2D eigenvalue weighted by atomic mass is 16.4. The van der Waals surface area contributed by atoms with Crippen LogP contribution in [0, 0.1) is 0 Å². The van der Waals surface area contributed by atoms with Crippen molar-refractivity contribution in [2.75, 3.05) is 18.0 Å². The van der Waals surface area contributed by atoms with Crippen molar-refractivity contribution in [3.63, 3.8) is 0 Å². The van der Waals surface area contributed by atoms with Crippen molar-refractivity contribution in [1.29, 1.82) is 0 Å². The number of hydrogen-bond donors (Lipinski definition) is 1. The molecule has 1 aromatic rings. The van der Waals surface area contributed by atoms with Crippen molar-refractivity contribution in [3.05, 3.63) is 22.9 Å². The van der Waals surface area contributed by atoms with Crippen LogP contribution in [0.5, 0.6) is 0 Å². The molecule has 1 N–H and O–H groups in total. The van der Waals surface area contributed by atoms with Gasteiger partial charge in [0.25, 0.3) is 0 Å². The zero-order valence-electron chi connectivity index (χ0n) is 11.8. The van der Waals surface area contributed by atoms with E-state index in [1.54, 1.807) is 0 Å². The number of aromatic carboxylic acids is 1. The summed E-state index contributed by atoms with van der Waals surface area (Å²) in [7, 11) is 0. The van der Waals surface area contributed by atoms with E-state index < -0.39 is 5.97 Å². The van der Waals surface area contributed by atoms with E-state index in [-0.39, 0.29) is 0 Å². The molecule has 0 bridgehead atoms. The van der Waals surface area contributed by atoms with Crippen molar-refractivity contribution in [2.45, 2.75) is 46.0 Å². The minimum absolute atomic E-state index is 0.360. The Kier molecular flexibility index (Phi) is 4.40. The molecule has 0 saturated carbocycles. The number of carboxylic acids is 1. The van der Waals surface area contributed by atoms with Crippen LogP contribution in [0.2, 0.25) is 0 Å². The number of nitrogens with zero attached hydrogens (tertiary/aromatic N) is 2. The van der Waals surface area contributed by atoms with Crippen LogP contribution in [0.15, 0.2) is 6.07 Å². The summed E-state index contributed by atoms with van der Waals surface area (Å²) in [5.74, 6) is -0.212. The molecule has 0 saturated heterocycles. The average Bonchev–Trinajstić information content (AvgIpc) is 2.85. The molecule has 1 aromatic heterocycles. The molecule has 0 fully saturated rings. The third kappa shape index (κ3) is 2.88. The topological polar surface area (TPSA) is 53.4 Å². The van der Waals surface area contributed by atoms with Gasteiger partial charge in [-0.1, -0.05) is 13.3 Å². The fraction of sp³-hybridized carbons (Fsp3) is 0.600. The maximum atomic E-state index is 11.4. The standard InChI is InChI=1S/C15H22N2O2/c1-3-5-9-17(4-2)14-12(15(18)19)10-11-7-6-8-13(11)16-14/h10H,3-9H2,1-2H3,(H,18,19). The van der Waals surface area contributed by atoms with Crippen molar-refractivity contribution >= 4 is 11.8 Å². The number of unbranched alkanes of at least 4 members (excludes halogenated alkanes) is 1. The molecule has 0 atom stereocenters.